The number of amides is 1. The molecular weight excluding hydrogens is 300 g/mol. The van der Waals surface area contributed by atoms with Crippen molar-refractivity contribution in [2.24, 2.45) is 0 Å². The van der Waals surface area contributed by atoms with E-state index in [4.69, 9.17) is 9.84 Å². The first-order valence-electron chi connectivity index (χ1n) is 5.72. The average Bonchev–Trinajstić information content (AvgIpc) is 2.38. The minimum atomic E-state index is -1.02. The lowest BCUT2D eigenvalue weighted by Gasteiger charge is -2.30. The fraction of sp³-hybridized carbons (Fsp3) is 0.417. The van der Waals surface area contributed by atoms with Gasteiger partial charge in [0.15, 0.2) is 0 Å². The molecule has 0 saturated carbocycles. The van der Waals surface area contributed by atoms with Crippen LogP contribution in [0.4, 0.5) is 4.79 Å². The van der Waals surface area contributed by atoms with Gasteiger partial charge in [-0.25, -0.2) is 4.79 Å². The lowest BCUT2D eigenvalue weighted by molar-refractivity contribution is 0.00510. The van der Waals surface area contributed by atoms with Crippen molar-refractivity contribution in [1.29, 1.82) is 0 Å². The smallest absolute Gasteiger partial charge is 0.404 e. The molecule has 1 aromatic carbocycles. The van der Waals surface area contributed by atoms with E-state index in [1.54, 1.807) is 0 Å². The molecule has 1 fully saturated rings. The average molecular weight is 315 g/mol. The number of carbonyl (C=O) groups is 1. The standard InChI is InChI=1S/C12H15BrN2O3/c13-9-3-1-8(2-4-9)11-7-18-10(5-14-11)6-15-12(16)17/h1-4,10-11,14-15H,5-7H2,(H,16,17)/t10-,11?/m1/s1. The summed E-state index contributed by atoms with van der Waals surface area (Å²) in [7, 11) is 0. The Morgan fingerprint density at radius 1 is 1.50 bits per heavy atom. The van der Waals surface area contributed by atoms with E-state index >= 15 is 0 Å². The predicted octanol–water partition coefficient (Wildman–Crippen LogP) is 1.75. The van der Waals surface area contributed by atoms with Gasteiger partial charge in [0.1, 0.15) is 0 Å². The van der Waals surface area contributed by atoms with Crippen LogP contribution in [0, 0.1) is 0 Å². The molecule has 1 amide bonds. The first-order valence-corrected chi connectivity index (χ1v) is 6.51. The Morgan fingerprint density at radius 3 is 2.78 bits per heavy atom. The van der Waals surface area contributed by atoms with Crippen molar-refractivity contribution in [1.82, 2.24) is 10.6 Å². The Bertz CT molecular complexity index is 402. The van der Waals surface area contributed by atoms with Gasteiger partial charge < -0.3 is 20.5 Å². The Kier molecular flexibility index (Phi) is 4.57. The lowest BCUT2D eigenvalue weighted by Crippen LogP contribution is -2.46. The van der Waals surface area contributed by atoms with Crippen LogP contribution in [-0.2, 0) is 4.74 Å². The van der Waals surface area contributed by atoms with Crippen LogP contribution < -0.4 is 10.6 Å². The molecule has 0 bridgehead atoms. The highest BCUT2D eigenvalue weighted by atomic mass is 79.9. The van der Waals surface area contributed by atoms with Crippen molar-refractivity contribution in [2.45, 2.75) is 12.1 Å². The van der Waals surface area contributed by atoms with Gasteiger partial charge in [0.2, 0.25) is 0 Å². The van der Waals surface area contributed by atoms with Gasteiger partial charge in [0.05, 0.1) is 18.8 Å². The molecular formula is C12H15BrN2O3. The van der Waals surface area contributed by atoms with E-state index in [-0.39, 0.29) is 12.1 Å². The van der Waals surface area contributed by atoms with Crippen LogP contribution in [0.3, 0.4) is 0 Å². The van der Waals surface area contributed by atoms with Crippen LogP contribution in [0.2, 0.25) is 0 Å². The summed E-state index contributed by atoms with van der Waals surface area (Å²) in [6, 6.07) is 8.24. The molecule has 1 aromatic rings. The zero-order chi connectivity index (χ0) is 13.0. The van der Waals surface area contributed by atoms with Gasteiger partial charge in [0.25, 0.3) is 0 Å². The van der Waals surface area contributed by atoms with Gasteiger partial charge >= 0.3 is 6.09 Å². The zero-order valence-corrected chi connectivity index (χ0v) is 11.3. The largest absolute Gasteiger partial charge is 0.465 e. The van der Waals surface area contributed by atoms with E-state index in [2.05, 4.69) is 26.6 Å². The van der Waals surface area contributed by atoms with Crippen LogP contribution in [-0.4, -0.2) is 37.0 Å². The maximum atomic E-state index is 10.4. The highest BCUT2D eigenvalue weighted by molar-refractivity contribution is 9.10. The van der Waals surface area contributed by atoms with Crippen molar-refractivity contribution < 1.29 is 14.6 Å². The number of hydrogen-bond donors (Lipinski definition) is 3. The molecule has 1 saturated heterocycles. The number of morpholine rings is 1. The molecule has 0 aromatic heterocycles. The molecule has 0 aliphatic carbocycles. The van der Waals surface area contributed by atoms with Gasteiger partial charge in [-0.15, -0.1) is 0 Å². The van der Waals surface area contributed by atoms with E-state index in [1.807, 2.05) is 24.3 Å². The summed E-state index contributed by atoms with van der Waals surface area (Å²) in [6.07, 6.45) is -1.12. The minimum Gasteiger partial charge on any atom is -0.465 e. The molecule has 0 spiro atoms. The topological polar surface area (TPSA) is 70.6 Å². The second-order valence-corrected chi connectivity index (χ2v) is 5.07. The number of benzene rings is 1. The van der Waals surface area contributed by atoms with Crippen LogP contribution >= 0.6 is 15.9 Å². The SMILES string of the molecule is O=C(O)NC[C@H]1CNC(c2ccc(Br)cc2)CO1. The van der Waals surface area contributed by atoms with E-state index in [0.29, 0.717) is 19.7 Å². The van der Waals surface area contributed by atoms with E-state index < -0.39 is 6.09 Å². The summed E-state index contributed by atoms with van der Waals surface area (Å²) in [5, 5.41) is 14.2. The monoisotopic (exact) mass is 314 g/mol. The Labute approximate surface area is 114 Å². The summed E-state index contributed by atoms with van der Waals surface area (Å²) in [5.74, 6) is 0. The molecule has 6 heteroatoms. The minimum absolute atomic E-state index is 0.104. The van der Waals surface area contributed by atoms with Crippen LogP contribution in [0.15, 0.2) is 28.7 Å². The predicted molar refractivity (Wildman–Crippen MR) is 70.7 cm³/mol. The highest BCUT2D eigenvalue weighted by Crippen LogP contribution is 2.19. The summed E-state index contributed by atoms with van der Waals surface area (Å²) in [4.78, 5) is 10.4. The number of rotatable bonds is 3. The third kappa shape index (κ3) is 3.69. The molecule has 0 radical (unpaired) electrons. The second-order valence-electron chi connectivity index (χ2n) is 4.15. The first kappa shape index (κ1) is 13.3. The molecule has 3 N–H and O–H groups in total. The van der Waals surface area contributed by atoms with Crippen molar-refractivity contribution in [2.75, 3.05) is 19.7 Å². The number of carboxylic acid groups (broad SMARTS) is 1. The number of hydrogen-bond acceptors (Lipinski definition) is 3. The maximum Gasteiger partial charge on any atom is 0.404 e. The van der Waals surface area contributed by atoms with Gasteiger partial charge in [0, 0.05) is 17.6 Å². The molecule has 1 heterocycles. The van der Waals surface area contributed by atoms with Crippen molar-refractivity contribution >= 4 is 22.0 Å². The van der Waals surface area contributed by atoms with E-state index in [0.717, 1.165) is 4.47 Å². The molecule has 2 rings (SSSR count). The summed E-state index contributed by atoms with van der Waals surface area (Å²) in [6.45, 7) is 1.50. The zero-order valence-electron chi connectivity index (χ0n) is 9.73. The summed E-state index contributed by atoms with van der Waals surface area (Å²) < 4.78 is 6.67. The number of nitrogens with one attached hydrogen (secondary N) is 2. The summed E-state index contributed by atoms with van der Waals surface area (Å²) >= 11 is 3.40. The molecule has 2 atom stereocenters. The molecule has 5 nitrogen and oxygen atoms in total. The van der Waals surface area contributed by atoms with Gasteiger partial charge in [-0.05, 0) is 17.7 Å². The lowest BCUT2D eigenvalue weighted by atomic mass is 10.1. The number of halogens is 1. The van der Waals surface area contributed by atoms with Gasteiger partial charge in [-0.1, -0.05) is 28.1 Å². The van der Waals surface area contributed by atoms with E-state index in [9.17, 15) is 4.79 Å². The molecule has 1 aliphatic rings. The molecule has 1 aliphatic heterocycles. The molecule has 98 valence electrons. The maximum absolute atomic E-state index is 10.4. The number of ether oxygens (including phenoxy) is 1. The van der Waals surface area contributed by atoms with Crippen molar-refractivity contribution in [3.63, 3.8) is 0 Å². The second kappa shape index (κ2) is 6.17. The Hall–Kier alpha value is -1.11. The third-order valence-electron chi connectivity index (χ3n) is 2.84. The summed E-state index contributed by atoms with van der Waals surface area (Å²) in [5.41, 5.74) is 1.17. The molecule has 1 unspecified atom stereocenters. The molecule has 18 heavy (non-hydrogen) atoms. The third-order valence-corrected chi connectivity index (χ3v) is 3.37. The van der Waals surface area contributed by atoms with Crippen LogP contribution in [0.1, 0.15) is 11.6 Å². The quantitative estimate of drug-likeness (QED) is 0.795. The van der Waals surface area contributed by atoms with Crippen LogP contribution in [0.5, 0.6) is 0 Å². The highest BCUT2D eigenvalue weighted by Gasteiger charge is 2.22. The van der Waals surface area contributed by atoms with Crippen LogP contribution in [0.25, 0.3) is 0 Å². The fourth-order valence-electron chi connectivity index (χ4n) is 1.87. The fourth-order valence-corrected chi connectivity index (χ4v) is 2.13. The Morgan fingerprint density at radius 2 is 2.22 bits per heavy atom. The van der Waals surface area contributed by atoms with Gasteiger partial charge in [-0.2, -0.15) is 0 Å². The first-order chi connectivity index (χ1) is 8.65. The van der Waals surface area contributed by atoms with Crippen molar-refractivity contribution in [3.8, 4) is 0 Å². The normalized spacial score (nSPS) is 23.6. The van der Waals surface area contributed by atoms with E-state index in [1.165, 1.54) is 5.56 Å². The Balaban J connectivity index is 1.83. The van der Waals surface area contributed by atoms with Crippen molar-refractivity contribution in [3.05, 3.63) is 34.3 Å². The van der Waals surface area contributed by atoms with Gasteiger partial charge in [-0.3, -0.25) is 0 Å².